The summed E-state index contributed by atoms with van der Waals surface area (Å²) >= 11 is 0. The molecule has 1 aliphatic heterocycles. The van der Waals surface area contributed by atoms with Crippen LogP contribution < -0.4 is 5.32 Å². The average Bonchev–Trinajstić information content (AvgIpc) is 2.81. The molecule has 2 amide bonds. The molecule has 0 aromatic rings. The normalized spacial score (nSPS) is 32.2. The van der Waals surface area contributed by atoms with Crippen LogP contribution in [0.2, 0.25) is 0 Å². The third kappa shape index (κ3) is 2.32. The Kier molecular flexibility index (Phi) is 3.54. The van der Waals surface area contributed by atoms with E-state index >= 15 is 0 Å². The number of nitrogens with zero attached hydrogens (tertiary/aromatic N) is 1. The molecule has 2 rings (SSSR count). The van der Waals surface area contributed by atoms with E-state index in [1.165, 1.54) is 0 Å². The zero-order chi connectivity index (χ0) is 13.3. The zero-order valence-corrected chi connectivity index (χ0v) is 10.4. The fourth-order valence-corrected chi connectivity index (χ4v) is 2.75. The lowest BCUT2D eigenvalue weighted by atomic mass is 10.0. The van der Waals surface area contributed by atoms with Crippen LogP contribution in [0.25, 0.3) is 0 Å². The molecule has 1 aliphatic carbocycles. The highest BCUT2D eigenvalue weighted by molar-refractivity contribution is 5.89. The molecule has 6 nitrogen and oxygen atoms in total. The summed E-state index contributed by atoms with van der Waals surface area (Å²) in [7, 11) is 0. The number of carboxylic acids is 1. The van der Waals surface area contributed by atoms with Crippen molar-refractivity contribution in [2.45, 2.75) is 32.2 Å². The predicted molar refractivity (Wildman–Crippen MR) is 62.7 cm³/mol. The van der Waals surface area contributed by atoms with Crippen LogP contribution in [-0.2, 0) is 14.4 Å². The van der Waals surface area contributed by atoms with Gasteiger partial charge in [-0.2, -0.15) is 0 Å². The van der Waals surface area contributed by atoms with Gasteiger partial charge in [-0.1, -0.05) is 0 Å². The lowest BCUT2D eigenvalue weighted by Gasteiger charge is -2.34. The van der Waals surface area contributed by atoms with Crippen molar-refractivity contribution >= 4 is 17.8 Å². The van der Waals surface area contributed by atoms with Crippen molar-refractivity contribution in [3.63, 3.8) is 0 Å². The van der Waals surface area contributed by atoms with Gasteiger partial charge in [0.25, 0.3) is 0 Å². The Hall–Kier alpha value is -1.59. The number of hydrogen-bond acceptors (Lipinski definition) is 3. The van der Waals surface area contributed by atoms with Crippen molar-refractivity contribution in [3.8, 4) is 0 Å². The highest BCUT2D eigenvalue weighted by Gasteiger charge is 2.39. The summed E-state index contributed by atoms with van der Waals surface area (Å²) in [6.07, 6.45) is 1.57. The van der Waals surface area contributed by atoms with E-state index < -0.39 is 17.9 Å². The van der Waals surface area contributed by atoms with Crippen LogP contribution in [-0.4, -0.2) is 46.9 Å². The summed E-state index contributed by atoms with van der Waals surface area (Å²) in [5.41, 5.74) is 0. The number of aliphatic carboxylic acids is 1. The van der Waals surface area contributed by atoms with Gasteiger partial charge in [0, 0.05) is 19.0 Å². The minimum absolute atomic E-state index is 0.0684. The highest BCUT2D eigenvalue weighted by atomic mass is 16.4. The molecule has 6 heteroatoms. The number of rotatable bonds is 2. The summed E-state index contributed by atoms with van der Waals surface area (Å²) in [6, 6.07) is -0.449. The van der Waals surface area contributed by atoms with Crippen LogP contribution in [0.4, 0.5) is 0 Å². The molecule has 2 aliphatic rings. The molecular weight excluding hydrogens is 236 g/mol. The van der Waals surface area contributed by atoms with Gasteiger partial charge in [-0.05, 0) is 26.2 Å². The Balaban J connectivity index is 1.99. The zero-order valence-electron chi connectivity index (χ0n) is 10.4. The van der Waals surface area contributed by atoms with Crippen LogP contribution in [0, 0.1) is 11.8 Å². The van der Waals surface area contributed by atoms with Crippen LogP contribution in [0.5, 0.6) is 0 Å². The average molecular weight is 254 g/mol. The van der Waals surface area contributed by atoms with E-state index in [1.807, 2.05) is 0 Å². The summed E-state index contributed by atoms with van der Waals surface area (Å²) in [5.74, 6) is -1.68. The second-order valence-electron chi connectivity index (χ2n) is 5.04. The summed E-state index contributed by atoms with van der Waals surface area (Å²) in [5, 5.41) is 11.6. The first kappa shape index (κ1) is 12.9. The van der Waals surface area contributed by atoms with Gasteiger partial charge < -0.3 is 15.3 Å². The number of nitrogens with one attached hydrogen (secondary N) is 1. The Bertz CT molecular complexity index is 382. The molecule has 1 unspecified atom stereocenters. The van der Waals surface area contributed by atoms with Crippen molar-refractivity contribution in [2.75, 3.05) is 13.1 Å². The first-order valence-corrected chi connectivity index (χ1v) is 6.31. The molecule has 1 saturated heterocycles. The molecule has 2 N–H and O–H groups in total. The number of piperazine rings is 1. The van der Waals surface area contributed by atoms with Crippen molar-refractivity contribution in [3.05, 3.63) is 0 Å². The molecule has 2 fully saturated rings. The second-order valence-corrected chi connectivity index (χ2v) is 5.04. The van der Waals surface area contributed by atoms with Crippen LogP contribution in [0.15, 0.2) is 0 Å². The molecule has 1 saturated carbocycles. The number of carboxylic acid groups (broad SMARTS) is 1. The van der Waals surface area contributed by atoms with E-state index in [9.17, 15) is 14.4 Å². The van der Waals surface area contributed by atoms with E-state index in [1.54, 1.807) is 11.8 Å². The van der Waals surface area contributed by atoms with Gasteiger partial charge in [-0.25, -0.2) is 0 Å². The molecule has 3 atom stereocenters. The molecule has 0 spiro atoms. The lowest BCUT2D eigenvalue weighted by molar-refractivity contribution is -0.146. The monoisotopic (exact) mass is 254 g/mol. The predicted octanol–water partition coefficient (Wildman–Crippen LogP) is -0.166. The van der Waals surface area contributed by atoms with Gasteiger partial charge in [0.15, 0.2) is 0 Å². The van der Waals surface area contributed by atoms with Gasteiger partial charge in [-0.15, -0.1) is 0 Å². The lowest BCUT2D eigenvalue weighted by Crippen LogP contribution is -2.57. The van der Waals surface area contributed by atoms with Crippen molar-refractivity contribution in [1.29, 1.82) is 0 Å². The number of carbonyl (C=O) groups is 3. The Morgan fingerprint density at radius 2 is 2.00 bits per heavy atom. The maximum atomic E-state index is 12.3. The quantitative estimate of drug-likeness (QED) is 0.716. The number of amides is 2. The van der Waals surface area contributed by atoms with Crippen molar-refractivity contribution < 1.29 is 19.5 Å². The molecule has 0 bridgehead atoms. The van der Waals surface area contributed by atoms with Gasteiger partial charge in [0.2, 0.25) is 11.8 Å². The van der Waals surface area contributed by atoms with E-state index in [-0.39, 0.29) is 17.7 Å². The fraction of sp³-hybridized carbons (Fsp3) is 0.750. The van der Waals surface area contributed by atoms with Crippen molar-refractivity contribution in [2.24, 2.45) is 11.8 Å². The van der Waals surface area contributed by atoms with E-state index in [0.717, 1.165) is 0 Å². The van der Waals surface area contributed by atoms with Gasteiger partial charge in [0.05, 0.1) is 5.92 Å². The Morgan fingerprint density at radius 3 is 2.61 bits per heavy atom. The smallest absolute Gasteiger partial charge is 0.306 e. The largest absolute Gasteiger partial charge is 0.481 e. The first-order valence-electron chi connectivity index (χ1n) is 6.31. The summed E-state index contributed by atoms with van der Waals surface area (Å²) in [4.78, 5) is 36.2. The number of hydrogen-bond donors (Lipinski definition) is 2. The fourth-order valence-electron chi connectivity index (χ4n) is 2.75. The second kappa shape index (κ2) is 4.96. The minimum Gasteiger partial charge on any atom is -0.481 e. The Labute approximate surface area is 105 Å². The van der Waals surface area contributed by atoms with E-state index in [0.29, 0.717) is 32.4 Å². The van der Waals surface area contributed by atoms with Gasteiger partial charge in [-0.3, -0.25) is 14.4 Å². The first-order chi connectivity index (χ1) is 8.50. The maximum absolute atomic E-state index is 12.3. The highest BCUT2D eigenvalue weighted by Crippen LogP contribution is 2.32. The van der Waals surface area contributed by atoms with E-state index in [2.05, 4.69) is 5.32 Å². The van der Waals surface area contributed by atoms with Gasteiger partial charge >= 0.3 is 5.97 Å². The van der Waals surface area contributed by atoms with Crippen LogP contribution >= 0.6 is 0 Å². The molecule has 1 heterocycles. The Morgan fingerprint density at radius 1 is 1.33 bits per heavy atom. The van der Waals surface area contributed by atoms with Crippen molar-refractivity contribution in [1.82, 2.24) is 10.2 Å². The number of carbonyl (C=O) groups excluding carboxylic acids is 2. The standard InChI is InChI=1S/C12H18N2O4/c1-7-10(15)13-4-5-14(7)11(16)8-2-3-9(6-8)12(17)18/h7-9H,2-6H2,1H3,(H,13,15)(H,17,18)/t7?,8-,9+/m1/s1. The van der Waals surface area contributed by atoms with Crippen LogP contribution in [0.3, 0.4) is 0 Å². The van der Waals surface area contributed by atoms with Gasteiger partial charge in [0.1, 0.15) is 6.04 Å². The topological polar surface area (TPSA) is 86.7 Å². The third-order valence-electron chi connectivity index (χ3n) is 3.91. The summed E-state index contributed by atoms with van der Waals surface area (Å²) in [6.45, 7) is 2.69. The molecule has 0 aromatic heterocycles. The molecule has 0 aromatic carbocycles. The molecular formula is C12H18N2O4. The third-order valence-corrected chi connectivity index (χ3v) is 3.91. The molecule has 100 valence electrons. The molecule has 18 heavy (non-hydrogen) atoms. The maximum Gasteiger partial charge on any atom is 0.306 e. The molecule has 0 radical (unpaired) electrons. The van der Waals surface area contributed by atoms with Crippen LogP contribution in [0.1, 0.15) is 26.2 Å². The summed E-state index contributed by atoms with van der Waals surface area (Å²) < 4.78 is 0. The SMILES string of the molecule is CC1C(=O)NCCN1C(=O)[C@@H]1CC[C@H](C(=O)O)C1. The minimum atomic E-state index is -0.824. The van der Waals surface area contributed by atoms with E-state index in [4.69, 9.17) is 5.11 Å².